The van der Waals surface area contributed by atoms with Gasteiger partial charge < -0.3 is 9.30 Å². The third-order valence-electron chi connectivity index (χ3n) is 4.55. The highest BCUT2D eigenvalue weighted by Crippen LogP contribution is 2.22. The molecule has 5 nitrogen and oxygen atoms in total. The number of hydrazone groups is 1. The van der Waals surface area contributed by atoms with Crippen molar-refractivity contribution in [1.29, 1.82) is 0 Å². The molecule has 0 radical (unpaired) electrons. The van der Waals surface area contributed by atoms with E-state index in [9.17, 15) is 4.79 Å². The lowest BCUT2D eigenvalue weighted by atomic mass is 10.2. The van der Waals surface area contributed by atoms with Crippen molar-refractivity contribution >= 4 is 34.7 Å². The van der Waals surface area contributed by atoms with E-state index >= 15 is 0 Å². The molecule has 0 aliphatic rings. The molecule has 0 atom stereocenters. The van der Waals surface area contributed by atoms with E-state index in [1.165, 1.54) is 5.56 Å². The Balaban J connectivity index is 1.77. The summed E-state index contributed by atoms with van der Waals surface area (Å²) in [5.74, 6) is 0.386. The van der Waals surface area contributed by atoms with E-state index in [1.807, 2.05) is 13.0 Å². The van der Waals surface area contributed by atoms with Crippen LogP contribution in [0.3, 0.4) is 0 Å². The number of benzene rings is 2. The predicted molar refractivity (Wildman–Crippen MR) is 121 cm³/mol. The first-order valence-electron chi connectivity index (χ1n) is 8.83. The van der Waals surface area contributed by atoms with Gasteiger partial charge in [0.1, 0.15) is 5.75 Å². The minimum Gasteiger partial charge on any atom is -0.496 e. The van der Waals surface area contributed by atoms with E-state index in [4.69, 9.17) is 4.74 Å². The van der Waals surface area contributed by atoms with Crippen LogP contribution in [0.2, 0.25) is 0 Å². The highest BCUT2D eigenvalue weighted by atomic mass is 127. The van der Waals surface area contributed by atoms with Crippen LogP contribution < -0.4 is 10.2 Å². The van der Waals surface area contributed by atoms with Crippen LogP contribution in [0.4, 0.5) is 0 Å². The fourth-order valence-corrected chi connectivity index (χ4v) is 3.59. The molecule has 0 spiro atoms. The first-order chi connectivity index (χ1) is 13.4. The standard InChI is InChI=1S/C22H22IN3O2/c1-14-5-8-19(9-6-14)26-15(2)11-18(16(26)3)13-24-25-22(27)17-7-10-20(23)21(12-17)28-4/h5-13H,1-4H3,(H,25,27)/b24-13+. The molecule has 0 unspecified atom stereocenters. The molecule has 0 aliphatic heterocycles. The second-order valence-corrected chi connectivity index (χ2v) is 7.71. The predicted octanol–water partition coefficient (Wildman–Crippen LogP) is 4.78. The number of carbonyl (C=O) groups excluding carboxylic acids is 1. The van der Waals surface area contributed by atoms with Crippen LogP contribution >= 0.6 is 22.6 Å². The van der Waals surface area contributed by atoms with E-state index in [2.05, 4.69) is 81.9 Å². The van der Waals surface area contributed by atoms with E-state index in [1.54, 1.807) is 25.5 Å². The first-order valence-corrected chi connectivity index (χ1v) is 9.91. The van der Waals surface area contributed by atoms with E-state index in [0.29, 0.717) is 11.3 Å². The highest BCUT2D eigenvalue weighted by Gasteiger charge is 2.11. The number of methoxy groups -OCH3 is 1. The van der Waals surface area contributed by atoms with E-state index in [0.717, 1.165) is 26.2 Å². The van der Waals surface area contributed by atoms with Crippen LogP contribution in [0.15, 0.2) is 53.6 Å². The molecule has 1 heterocycles. The summed E-state index contributed by atoms with van der Waals surface area (Å²) in [6.45, 7) is 6.17. The van der Waals surface area contributed by atoms with Crippen LogP contribution in [-0.2, 0) is 0 Å². The molecular weight excluding hydrogens is 465 g/mol. The average molecular weight is 487 g/mol. The maximum atomic E-state index is 12.3. The van der Waals surface area contributed by atoms with Crippen molar-refractivity contribution in [3.05, 3.63) is 80.2 Å². The minimum absolute atomic E-state index is 0.279. The smallest absolute Gasteiger partial charge is 0.271 e. The maximum absolute atomic E-state index is 12.3. The number of aromatic nitrogens is 1. The molecule has 1 aromatic heterocycles. The van der Waals surface area contributed by atoms with Gasteiger partial charge in [0, 0.05) is 28.2 Å². The van der Waals surface area contributed by atoms with Gasteiger partial charge in [-0.25, -0.2) is 5.43 Å². The van der Waals surface area contributed by atoms with Crippen LogP contribution in [0.1, 0.15) is 32.9 Å². The molecule has 0 fully saturated rings. The number of amides is 1. The van der Waals surface area contributed by atoms with E-state index < -0.39 is 0 Å². The molecule has 0 saturated carbocycles. The average Bonchev–Trinajstić information content (AvgIpc) is 2.96. The van der Waals surface area contributed by atoms with Crippen molar-refractivity contribution in [2.45, 2.75) is 20.8 Å². The number of rotatable bonds is 5. The third-order valence-corrected chi connectivity index (χ3v) is 5.44. The number of carbonyl (C=O) groups is 1. The SMILES string of the molecule is COc1cc(C(=O)N/N=C/c2cc(C)n(-c3ccc(C)cc3)c2C)ccc1I. The molecule has 0 aliphatic carbocycles. The molecule has 3 aromatic rings. The number of halogens is 1. The molecule has 6 heteroatoms. The second-order valence-electron chi connectivity index (χ2n) is 6.55. The fourth-order valence-electron chi connectivity index (χ4n) is 3.04. The molecule has 2 aromatic carbocycles. The van der Waals surface area contributed by atoms with Crippen molar-refractivity contribution in [2.24, 2.45) is 5.10 Å². The topological polar surface area (TPSA) is 55.6 Å². The van der Waals surface area contributed by atoms with Gasteiger partial charge in [0.05, 0.1) is 16.9 Å². The minimum atomic E-state index is -0.279. The van der Waals surface area contributed by atoms with Crippen molar-refractivity contribution in [3.63, 3.8) is 0 Å². The first kappa shape index (κ1) is 20.1. The maximum Gasteiger partial charge on any atom is 0.271 e. The number of hydrogen-bond donors (Lipinski definition) is 1. The van der Waals surface area contributed by atoms with Crippen molar-refractivity contribution in [1.82, 2.24) is 9.99 Å². The number of hydrogen-bond acceptors (Lipinski definition) is 3. The number of nitrogens with zero attached hydrogens (tertiary/aromatic N) is 2. The lowest BCUT2D eigenvalue weighted by Crippen LogP contribution is -2.17. The quantitative estimate of drug-likeness (QED) is 0.320. The zero-order valence-electron chi connectivity index (χ0n) is 16.3. The molecular formula is C22H22IN3O2. The summed E-state index contributed by atoms with van der Waals surface area (Å²) >= 11 is 2.16. The van der Waals surface area contributed by atoms with Gasteiger partial charge in [-0.2, -0.15) is 5.10 Å². The monoisotopic (exact) mass is 487 g/mol. The molecule has 144 valence electrons. The van der Waals surface area contributed by atoms with Gasteiger partial charge in [-0.05, 0) is 79.8 Å². The molecule has 0 bridgehead atoms. The Morgan fingerprint density at radius 3 is 2.50 bits per heavy atom. The van der Waals surface area contributed by atoms with Gasteiger partial charge in [0.2, 0.25) is 0 Å². The summed E-state index contributed by atoms with van der Waals surface area (Å²) in [6, 6.07) is 15.7. The van der Waals surface area contributed by atoms with Crippen LogP contribution in [0, 0.1) is 24.3 Å². The van der Waals surface area contributed by atoms with Gasteiger partial charge in [-0.1, -0.05) is 17.7 Å². The number of ether oxygens (including phenoxy) is 1. The Kier molecular flexibility index (Phi) is 6.18. The Bertz CT molecular complexity index is 1040. The van der Waals surface area contributed by atoms with Crippen molar-refractivity contribution in [2.75, 3.05) is 7.11 Å². The summed E-state index contributed by atoms with van der Waals surface area (Å²) in [4.78, 5) is 12.3. The zero-order valence-corrected chi connectivity index (χ0v) is 18.4. The largest absolute Gasteiger partial charge is 0.496 e. The molecule has 3 rings (SSSR count). The van der Waals surface area contributed by atoms with Gasteiger partial charge in [-0.15, -0.1) is 0 Å². The second kappa shape index (κ2) is 8.60. The van der Waals surface area contributed by atoms with Crippen molar-refractivity contribution in [3.8, 4) is 11.4 Å². The molecule has 0 saturated heterocycles. The summed E-state index contributed by atoms with van der Waals surface area (Å²) < 4.78 is 8.38. The number of nitrogens with one attached hydrogen (secondary N) is 1. The summed E-state index contributed by atoms with van der Waals surface area (Å²) in [7, 11) is 1.58. The Hall–Kier alpha value is -2.61. The van der Waals surface area contributed by atoms with Gasteiger partial charge >= 0.3 is 0 Å². The Morgan fingerprint density at radius 2 is 1.82 bits per heavy atom. The highest BCUT2D eigenvalue weighted by molar-refractivity contribution is 14.1. The van der Waals surface area contributed by atoms with Crippen LogP contribution in [0.5, 0.6) is 5.75 Å². The summed E-state index contributed by atoms with van der Waals surface area (Å²) in [5.41, 5.74) is 8.55. The van der Waals surface area contributed by atoms with Crippen molar-refractivity contribution < 1.29 is 9.53 Å². The number of aryl methyl sites for hydroxylation is 2. The van der Waals surface area contributed by atoms with E-state index in [-0.39, 0.29) is 5.91 Å². The van der Waals surface area contributed by atoms with Crippen LogP contribution in [-0.4, -0.2) is 23.8 Å². The molecule has 1 amide bonds. The molecule has 1 N–H and O–H groups in total. The summed E-state index contributed by atoms with van der Waals surface area (Å²) in [6.07, 6.45) is 1.68. The fraction of sp³-hybridized carbons (Fsp3) is 0.182. The Labute approximate surface area is 178 Å². The van der Waals surface area contributed by atoms with Gasteiger partial charge in [-0.3, -0.25) is 4.79 Å². The third kappa shape index (κ3) is 4.27. The van der Waals surface area contributed by atoms with Crippen LogP contribution in [0.25, 0.3) is 5.69 Å². The Morgan fingerprint density at radius 1 is 1.11 bits per heavy atom. The molecule has 28 heavy (non-hydrogen) atoms. The van der Waals surface area contributed by atoms with Gasteiger partial charge in [0.25, 0.3) is 5.91 Å². The van der Waals surface area contributed by atoms with Gasteiger partial charge in [0.15, 0.2) is 0 Å². The zero-order chi connectivity index (χ0) is 20.3. The lowest BCUT2D eigenvalue weighted by molar-refractivity contribution is 0.0954. The lowest BCUT2D eigenvalue weighted by Gasteiger charge is -2.09. The summed E-state index contributed by atoms with van der Waals surface area (Å²) in [5, 5.41) is 4.14. The normalized spacial score (nSPS) is 11.0.